The van der Waals surface area contributed by atoms with E-state index in [0.29, 0.717) is 0 Å². The Morgan fingerprint density at radius 2 is 1.73 bits per heavy atom. The lowest BCUT2D eigenvalue weighted by atomic mass is 10.1. The van der Waals surface area contributed by atoms with Crippen molar-refractivity contribution in [2.45, 2.75) is 24.3 Å². The highest BCUT2D eigenvalue weighted by Crippen LogP contribution is 2.33. The van der Waals surface area contributed by atoms with Gasteiger partial charge in [-0.1, -0.05) is 36.4 Å². The fourth-order valence-electron chi connectivity index (χ4n) is 3.80. The first-order valence-corrected chi connectivity index (χ1v) is 11.0. The Bertz CT molecular complexity index is 1230. The largest absolute Gasteiger partial charge is 0.305 e. The van der Waals surface area contributed by atoms with Gasteiger partial charge in [0.05, 0.1) is 10.6 Å². The van der Waals surface area contributed by atoms with Crippen LogP contribution in [-0.2, 0) is 16.4 Å². The number of hydrogen-bond acceptors (Lipinski definition) is 3. The Labute approximate surface area is 175 Å². The van der Waals surface area contributed by atoms with Crippen LogP contribution < -0.4 is 9.21 Å². The van der Waals surface area contributed by atoms with Crippen LogP contribution in [0.2, 0.25) is 0 Å². The molecule has 7 heteroatoms. The first kappa shape index (κ1) is 20.1. The minimum Gasteiger partial charge on any atom is -0.305 e. The van der Waals surface area contributed by atoms with Gasteiger partial charge in [-0.2, -0.15) is 0 Å². The van der Waals surface area contributed by atoms with Crippen molar-refractivity contribution in [2.75, 3.05) is 16.3 Å². The van der Waals surface area contributed by atoms with Gasteiger partial charge in [-0.15, -0.1) is 0 Å². The van der Waals surface area contributed by atoms with Gasteiger partial charge in [-0.3, -0.25) is 9.10 Å². The molecule has 3 aromatic rings. The van der Waals surface area contributed by atoms with E-state index < -0.39 is 15.8 Å². The molecule has 4 rings (SSSR count). The van der Waals surface area contributed by atoms with Gasteiger partial charge < -0.3 is 4.90 Å². The van der Waals surface area contributed by atoms with Crippen LogP contribution in [0.3, 0.4) is 0 Å². The second-order valence-corrected chi connectivity index (χ2v) is 9.28. The predicted octanol–water partition coefficient (Wildman–Crippen LogP) is 4.24. The molecule has 1 aliphatic heterocycles. The standard InChI is InChI=1S/C23H21FN2O3S/c1-16-14-17-8-3-5-12-21(17)26(16)23(27)18-9-7-10-19(15-18)30(28,29)25(2)22-13-6-4-11-20(22)24/h3-13,15-16H,14H2,1-2H3. The lowest BCUT2D eigenvalue weighted by Crippen LogP contribution is -2.36. The number of carbonyl (C=O) groups excluding carboxylic acids is 1. The zero-order valence-corrected chi connectivity index (χ0v) is 17.4. The highest BCUT2D eigenvalue weighted by Gasteiger charge is 2.32. The molecule has 1 unspecified atom stereocenters. The van der Waals surface area contributed by atoms with Crippen molar-refractivity contribution >= 4 is 27.3 Å². The number of hydrogen-bond donors (Lipinski definition) is 0. The fraction of sp³-hybridized carbons (Fsp3) is 0.174. The molecule has 1 atom stereocenters. The third kappa shape index (κ3) is 3.35. The molecular formula is C23H21FN2O3S. The highest BCUT2D eigenvalue weighted by molar-refractivity contribution is 7.92. The van der Waals surface area contributed by atoms with E-state index in [-0.39, 0.29) is 28.1 Å². The first-order chi connectivity index (χ1) is 14.3. The molecule has 0 bridgehead atoms. The molecular weight excluding hydrogens is 403 g/mol. The Morgan fingerprint density at radius 1 is 1.03 bits per heavy atom. The molecule has 30 heavy (non-hydrogen) atoms. The van der Waals surface area contributed by atoms with Crippen LogP contribution in [0.5, 0.6) is 0 Å². The molecule has 0 aromatic heterocycles. The average molecular weight is 424 g/mol. The molecule has 0 aliphatic carbocycles. The fourth-order valence-corrected chi connectivity index (χ4v) is 5.05. The zero-order chi connectivity index (χ0) is 21.5. The predicted molar refractivity (Wildman–Crippen MR) is 115 cm³/mol. The molecule has 5 nitrogen and oxygen atoms in total. The third-order valence-corrected chi connectivity index (χ3v) is 7.12. The molecule has 1 heterocycles. The smallest absolute Gasteiger partial charge is 0.264 e. The number of amides is 1. The normalized spacial score (nSPS) is 15.7. The molecule has 3 aromatic carbocycles. The minimum absolute atomic E-state index is 0.0312. The van der Waals surface area contributed by atoms with Crippen LogP contribution in [0.1, 0.15) is 22.8 Å². The van der Waals surface area contributed by atoms with Crippen LogP contribution in [0.4, 0.5) is 15.8 Å². The van der Waals surface area contributed by atoms with E-state index in [1.54, 1.807) is 17.0 Å². The first-order valence-electron chi connectivity index (χ1n) is 9.55. The van der Waals surface area contributed by atoms with Gasteiger partial charge in [0, 0.05) is 24.3 Å². The summed E-state index contributed by atoms with van der Waals surface area (Å²) < 4.78 is 41.2. The molecule has 0 saturated carbocycles. The topological polar surface area (TPSA) is 57.7 Å². The number of carbonyl (C=O) groups is 1. The molecule has 1 aliphatic rings. The summed E-state index contributed by atoms with van der Waals surface area (Å²) >= 11 is 0. The van der Waals surface area contributed by atoms with E-state index in [9.17, 15) is 17.6 Å². The maximum atomic E-state index is 14.1. The van der Waals surface area contributed by atoms with E-state index >= 15 is 0 Å². The van der Waals surface area contributed by atoms with Crippen molar-refractivity contribution in [2.24, 2.45) is 0 Å². The summed E-state index contributed by atoms with van der Waals surface area (Å²) in [4.78, 5) is 14.9. The Kier molecular flexibility index (Phi) is 5.07. The maximum absolute atomic E-state index is 14.1. The Morgan fingerprint density at radius 3 is 2.50 bits per heavy atom. The van der Waals surface area contributed by atoms with Gasteiger partial charge in [0.15, 0.2) is 0 Å². The van der Waals surface area contributed by atoms with Gasteiger partial charge >= 0.3 is 0 Å². The van der Waals surface area contributed by atoms with E-state index in [1.165, 1.54) is 43.4 Å². The molecule has 0 spiro atoms. The summed E-state index contributed by atoms with van der Waals surface area (Å²) in [7, 11) is -2.75. The summed E-state index contributed by atoms with van der Waals surface area (Å²) in [6.45, 7) is 1.96. The minimum atomic E-state index is -4.05. The van der Waals surface area contributed by atoms with Crippen molar-refractivity contribution < 1.29 is 17.6 Å². The summed E-state index contributed by atoms with van der Waals surface area (Å²) in [5.74, 6) is -0.906. The van der Waals surface area contributed by atoms with Gasteiger partial charge in [0.2, 0.25) is 0 Å². The number of nitrogens with zero attached hydrogens (tertiary/aromatic N) is 2. The molecule has 1 amide bonds. The summed E-state index contributed by atoms with van der Waals surface area (Å²) in [5.41, 5.74) is 2.13. The summed E-state index contributed by atoms with van der Waals surface area (Å²) in [6, 6.07) is 19.2. The quantitative estimate of drug-likeness (QED) is 0.629. The average Bonchev–Trinajstić information content (AvgIpc) is 3.08. The van der Waals surface area contributed by atoms with Crippen molar-refractivity contribution in [3.05, 3.63) is 89.7 Å². The van der Waals surface area contributed by atoms with E-state index in [2.05, 4.69) is 0 Å². The summed E-state index contributed by atoms with van der Waals surface area (Å²) in [5, 5.41) is 0. The molecule has 154 valence electrons. The van der Waals surface area contributed by atoms with Gasteiger partial charge in [0.1, 0.15) is 5.82 Å². The maximum Gasteiger partial charge on any atom is 0.264 e. The lowest BCUT2D eigenvalue weighted by Gasteiger charge is -2.24. The number of anilines is 2. The lowest BCUT2D eigenvalue weighted by molar-refractivity contribution is 0.0981. The Balaban J connectivity index is 1.69. The highest BCUT2D eigenvalue weighted by atomic mass is 32.2. The number of para-hydroxylation sites is 2. The molecule has 0 fully saturated rings. The van der Waals surface area contributed by atoms with Crippen LogP contribution in [0.25, 0.3) is 0 Å². The number of sulfonamides is 1. The van der Waals surface area contributed by atoms with Crippen molar-refractivity contribution in [1.82, 2.24) is 0 Å². The SMILES string of the molecule is CC1Cc2ccccc2N1C(=O)c1cccc(S(=O)(=O)N(C)c2ccccc2F)c1. The van der Waals surface area contributed by atoms with Crippen molar-refractivity contribution in [3.8, 4) is 0 Å². The molecule has 0 saturated heterocycles. The van der Waals surface area contributed by atoms with Crippen LogP contribution in [0, 0.1) is 5.82 Å². The summed E-state index contributed by atoms with van der Waals surface area (Å²) in [6.07, 6.45) is 0.746. The van der Waals surface area contributed by atoms with E-state index in [4.69, 9.17) is 0 Å². The number of benzene rings is 3. The van der Waals surface area contributed by atoms with Crippen molar-refractivity contribution in [1.29, 1.82) is 0 Å². The van der Waals surface area contributed by atoms with Gasteiger partial charge in [-0.25, -0.2) is 12.8 Å². The van der Waals surface area contributed by atoms with Crippen LogP contribution in [0.15, 0.2) is 77.7 Å². The van der Waals surface area contributed by atoms with Crippen LogP contribution >= 0.6 is 0 Å². The monoisotopic (exact) mass is 424 g/mol. The van der Waals surface area contributed by atoms with E-state index in [1.807, 2.05) is 31.2 Å². The van der Waals surface area contributed by atoms with Crippen LogP contribution in [-0.4, -0.2) is 27.4 Å². The second-order valence-electron chi connectivity index (χ2n) is 7.31. The zero-order valence-electron chi connectivity index (χ0n) is 16.6. The number of rotatable bonds is 4. The van der Waals surface area contributed by atoms with Gasteiger partial charge in [0.25, 0.3) is 15.9 Å². The molecule has 0 N–H and O–H groups in total. The number of halogens is 1. The molecule has 0 radical (unpaired) electrons. The van der Waals surface area contributed by atoms with Crippen molar-refractivity contribution in [3.63, 3.8) is 0 Å². The third-order valence-electron chi connectivity index (χ3n) is 5.36. The Hall–Kier alpha value is -3.19. The second kappa shape index (κ2) is 7.57. The number of fused-ring (bicyclic) bond motifs is 1. The van der Waals surface area contributed by atoms with Gasteiger partial charge in [-0.05, 0) is 55.3 Å². The van der Waals surface area contributed by atoms with E-state index in [0.717, 1.165) is 22.0 Å².